The van der Waals surface area contributed by atoms with Crippen LogP contribution in [0.1, 0.15) is 16.7 Å². The monoisotopic (exact) mass is 359 g/mol. The van der Waals surface area contributed by atoms with Crippen LogP contribution in [0.25, 0.3) is 0 Å². The van der Waals surface area contributed by atoms with Gasteiger partial charge < -0.3 is 4.90 Å². The number of hydrogen-bond acceptors (Lipinski definition) is 1. The Balaban J connectivity index is 1.89. The predicted molar refractivity (Wildman–Crippen MR) is 118 cm³/mol. The zero-order valence-corrected chi connectivity index (χ0v) is 17.8. The van der Waals surface area contributed by atoms with Crippen molar-refractivity contribution >= 4 is 29.8 Å². The van der Waals surface area contributed by atoms with Gasteiger partial charge in [0, 0.05) is 18.4 Å². The summed E-state index contributed by atoms with van der Waals surface area (Å²) in [6.45, 7) is 11.3. The molecule has 0 saturated heterocycles. The van der Waals surface area contributed by atoms with Crippen LogP contribution in [0, 0.1) is 20.8 Å². The molecule has 0 aliphatic heterocycles. The summed E-state index contributed by atoms with van der Waals surface area (Å²) in [4.78, 5) is 2.28. The first-order valence-electron chi connectivity index (χ1n) is 9.28. The van der Waals surface area contributed by atoms with Crippen molar-refractivity contribution in [1.29, 1.82) is 0 Å². The van der Waals surface area contributed by atoms with E-state index < -0.39 is 8.07 Å². The average molecular weight is 360 g/mol. The van der Waals surface area contributed by atoms with Gasteiger partial charge in [-0.05, 0) is 44.5 Å². The summed E-state index contributed by atoms with van der Waals surface area (Å²) < 4.78 is 0. The Labute approximate surface area is 159 Å². The van der Waals surface area contributed by atoms with Gasteiger partial charge in [-0.1, -0.05) is 83.1 Å². The molecule has 0 bridgehead atoms. The van der Waals surface area contributed by atoms with E-state index in [-0.39, 0.29) is 0 Å². The van der Waals surface area contributed by atoms with Gasteiger partial charge in [0.25, 0.3) is 0 Å². The van der Waals surface area contributed by atoms with Crippen molar-refractivity contribution in [2.24, 2.45) is 0 Å². The van der Waals surface area contributed by atoms with Crippen LogP contribution in [0.5, 0.6) is 0 Å². The Kier molecular flexibility index (Phi) is 5.06. The Hall–Kier alpha value is -2.32. The van der Waals surface area contributed by atoms with Crippen LogP contribution in [0.2, 0.25) is 13.1 Å². The lowest BCUT2D eigenvalue weighted by molar-refractivity contribution is 1.18. The molecular formula is C24H29NSi. The van der Waals surface area contributed by atoms with Crippen molar-refractivity contribution in [3.8, 4) is 0 Å². The second kappa shape index (κ2) is 7.12. The van der Waals surface area contributed by atoms with Crippen LogP contribution in [-0.4, -0.2) is 15.1 Å². The van der Waals surface area contributed by atoms with Crippen molar-refractivity contribution < 1.29 is 0 Å². The van der Waals surface area contributed by atoms with Gasteiger partial charge >= 0.3 is 0 Å². The first-order chi connectivity index (χ1) is 12.3. The minimum atomic E-state index is -1.65. The molecule has 0 amide bonds. The first kappa shape index (κ1) is 18.5. The number of rotatable bonds is 4. The molecule has 0 N–H and O–H groups in total. The summed E-state index contributed by atoms with van der Waals surface area (Å²) in [6.07, 6.45) is 0. The number of benzene rings is 3. The van der Waals surface area contributed by atoms with E-state index in [1.54, 1.807) is 0 Å². The van der Waals surface area contributed by atoms with Gasteiger partial charge in [0.15, 0.2) is 0 Å². The van der Waals surface area contributed by atoms with Gasteiger partial charge in [-0.2, -0.15) is 0 Å². The molecule has 0 aromatic heterocycles. The molecule has 0 radical (unpaired) electrons. The van der Waals surface area contributed by atoms with Crippen molar-refractivity contribution in [2.45, 2.75) is 33.9 Å². The van der Waals surface area contributed by atoms with Gasteiger partial charge in [0.1, 0.15) is 8.07 Å². The summed E-state index contributed by atoms with van der Waals surface area (Å²) in [5.74, 6) is 0. The van der Waals surface area contributed by atoms with Gasteiger partial charge in [-0.15, -0.1) is 0 Å². The van der Waals surface area contributed by atoms with Crippen molar-refractivity contribution in [3.63, 3.8) is 0 Å². The van der Waals surface area contributed by atoms with E-state index in [9.17, 15) is 0 Å². The molecule has 0 heterocycles. The molecule has 0 aliphatic rings. The maximum Gasteiger partial charge on any atom is 0.112 e. The molecule has 26 heavy (non-hydrogen) atoms. The smallest absolute Gasteiger partial charge is 0.112 e. The lowest BCUT2D eigenvalue weighted by Crippen LogP contribution is -2.52. The van der Waals surface area contributed by atoms with Crippen LogP contribution in [-0.2, 0) is 0 Å². The van der Waals surface area contributed by atoms with E-state index in [1.807, 2.05) is 0 Å². The zero-order chi connectivity index (χ0) is 18.9. The maximum absolute atomic E-state index is 2.43. The van der Waals surface area contributed by atoms with Crippen LogP contribution in [0.4, 0.5) is 11.4 Å². The maximum atomic E-state index is 2.43. The Morgan fingerprint density at radius 1 is 0.654 bits per heavy atom. The Morgan fingerprint density at radius 3 is 1.69 bits per heavy atom. The van der Waals surface area contributed by atoms with Crippen molar-refractivity contribution in [1.82, 2.24) is 0 Å². The van der Waals surface area contributed by atoms with Crippen molar-refractivity contribution in [2.75, 3.05) is 11.9 Å². The van der Waals surface area contributed by atoms with Gasteiger partial charge in [-0.3, -0.25) is 0 Å². The minimum absolute atomic E-state index is 1.23. The summed E-state index contributed by atoms with van der Waals surface area (Å²) in [5.41, 5.74) is 6.43. The lowest BCUT2D eigenvalue weighted by Gasteiger charge is -2.26. The fraction of sp³-hybridized carbons (Fsp3) is 0.250. The summed E-state index contributed by atoms with van der Waals surface area (Å²) in [6, 6.07) is 24.9. The molecule has 0 saturated carbocycles. The molecular weight excluding hydrogens is 330 g/mol. The van der Waals surface area contributed by atoms with E-state index >= 15 is 0 Å². The second-order valence-corrected chi connectivity index (χ2v) is 12.3. The minimum Gasteiger partial charge on any atom is -0.344 e. The molecule has 3 aromatic rings. The molecule has 0 aliphatic carbocycles. The summed E-state index contributed by atoms with van der Waals surface area (Å²) in [5, 5.41) is 2.96. The van der Waals surface area contributed by atoms with E-state index in [1.165, 1.54) is 38.4 Å². The lowest BCUT2D eigenvalue weighted by atomic mass is 10.1. The van der Waals surface area contributed by atoms with Crippen LogP contribution >= 0.6 is 0 Å². The van der Waals surface area contributed by atoms with Crippen LogP contribution in [0.15, 0.2) is 66.7 Å². The second-order valence-electron chi connectivity index (χ2n) is 7.89. The first-order valence-corrected chi connectivity index (χ1v) is 12.3. The van der Waals surface area contributed by atoms with E-state index in [2.05, 4.69) is 113 Å². The van der Waals surface area contributed by atoms with Gasteiger partial charge in [0.2, 0.25) is 0 Å². The average Bonchev–Trinajstić information content (AvgIpc) is 2.62. The third-order valence-electron chi connectivity index (χ3n) is 5.46. The third kappa shape index (κ3) is 3.61. The normalized spacial score (nSPS) is 11.5. The molecule has 3 aromatic carbocycles. The molecule has 0 spiro atoms. The topological polar surface area (TPSA) is 3.24 Å². The highest BCUT2D eigenvalue weighted by molar-refractivity contribution is 7.00. The molecule has 134 valence electrons. The van der Waals surface area contributed by atoms with E-state index in [4.69, 9.17) is 0 Å². The Bertz CT molecular complexity index is 892. The highest BCUT2D eigenvalue weighted by Crippen LogP contribution is 2.27. The van der Waals surface area contributed by atoms with Gasteiger partial charge in [-0.25, -0.2) is 0 Å². The van der Waals surface area contributed by atoms with Crippen LogP contribution in [0.3, 0.4) is 0 Å². The fourth-order valence-corrected chi connectivity index (χ4v) is 5.89. The summed E-state index contributed by atoms with van der Waals surface area (Å²) in [7, 11) is 0.496. The predicted octanol–water partition coefficient (Wildman–Crippen LogP) is 5.20. The number of nitrogens with zero attached hydrogens (tertiary/aromatic N) is 1. The molecule has 2 heteroatoms. The highest BCUT2D eigenvalue weighted by atomic mass is 28.3. The number of aryl methyl sites for hydroxylation is 3. The van der Waals surface area contributed by atoms with Crippen molar-refractivity contribution in [3.05, 3.63) is 83.4 Å². The standard InChI is InChI=1S/C24H29NSi/c1-18-7-12-22(13-8-18)26(5,6)23-14-10-21(11-15-23)25(4)24-16-9-19(2)17-20(24)3/h7-17H,1-6H3. The largest absolute Gasteiger partial charge is 0.344 e. The number of anilines is 2. The third-order valence-corrected chi connectivity index (χ3v) is 9.02. The Morgan fingerprint density at radius 2 is 1.15 bits per heavy atom. The van der Waals surface area contributed by atoms with E-state index in [0.717, 1.165) is 0 Å². The molecule has 3 rings (SSSR count). The molecule has 0 unspecified atom stereocenters. The zero-order valence-electron chi connectivity index (χ0n) is 16.8. The SMILES string of the molecule is Cc1ccc([Si](C)(C)c2ccc(N(C)c3ccc(C)cc3C)cc2)cc1. The van der Waals surface area contributed by atoms with Gasteiger partial charge in [0.05, 0.1) is 0 Å². The summed E-state index contributed by atoms with van der Waals surface area (Å²) >= 11 is 0. The molecule has 1 nitrogen and oxygen atoms in total. The molecule has 0 fully saturated rings. The molecule has 0 atom stereocenters. The van der Waals surface area contributed by atoms with Crippen LogP contribution < -0.4 is 15.3 Å². The highest BCUT2D eigenvalue weighted by Gasteiger charge is 2.25. The fourth-order valence-electron chi connectivity index (χ4n) is 3.56. The number of hydrogen-bond donors (Lipinski definition) is 0. The quantitative estimate of drug-likeness (QED) is 0.579. The van der Waals surface area contributed by atoms with E-state index in [0.29, 0.717) is 0 Å².